The van der Waals surface area contributed by atoms with Gasteiger partial charge in [-0.05, 0) is 90.8 Å². The average Bonchev–Trinajstić information content (AvgIpc) is 2.95. The van der Waals surface area contributed by atoms with Gasteiger partial charge in [-0.1, -0.05) is 0 Å². The lowest BCUT2D eigenvalue weighted by atomic mass is 10.3. The summed E-state index contributed by atoms with van der Waals surface area (Å²) < 4.78 is 23.0. The summed E-state index contributed by atoms with van der Waals surface area (Å²) in [7, 11) is 11.8. The van der Waals surface area contributed by atoms with E-state index in [1.54, 1.807) is 12.1 Å². The van der Waals surface area contributed by atoms with E-state index in [2.05, 4.69) is 4.90 Å². The first-order chi connectivity index (χ1) is 20.7. The van der Waals surface area contributed by atoms with Crippen molar-refractivity contribution in [2.45, 2.75) is 0 Å². The SMILES string of the molecule is CN(C)CCO.CN(C)CCOc1ccc(N)cc1.CN(C)CCOc1ccc([N+](=O)[O-])cc1.O=[N+]([O-])c1ccc(F)cc1. The second kappa shape index (κ2) is 23.1. The molecule has 0 fully saturated rings. The molecular weight excluding hydrogens is 575 g/mol. The number of nitrogens with two attached hydrogens (primary N) is 1. The first kappa shape index (κ1) is 39.6. The molecule has 0 atom stereocenters. The fraction of sp³-hybridized carbons (Fsp3) is 0.400. The van der Waals surface area contributed by atoms with E-state index in [-0.39, 0.29) is 18.0 Å². The number of likely N-dealkylation sites (N-methyl/N-ethyl adjacent to an activating group) is 3. The first-order valence-corrected chi connectivity index (χ1v) is 13.6. The second-order valence-electron chi connectivity index (χ2n) is 9.88. The number of nitrogens with zero attached hydrogens (tertiary/aromatic N) is 5. The molecule has 0 aromatic heterocycles. The molecule has 0 unspecified atom stereocenters. The van der Waals surface area contributed by atoms with Crippen molar-refractivity contribution in [2.75, 3.05) is 87.5 Å². The van der Waals surface area contributed by atoms with Crippen LogP contribution in [0.4, 0.5) is 21.5 Å². The van der Waals surface area contributed by atoms with Crippen LogP contribution in [0.15, 0.2) is 72.8 Å². The van der Waals surface area contributed by atoms with Gasteiger partial charge in [-0.2, -0.15) is 0 Å². The molecule has 0 saturated heterocycles. The third kappa shape index (κ3) is 21.4. The van der Waals surface area contributed by atoms with Crippen molar-refractivity contribution in [3.63, 3.8) is 0 Å². The maximum Gasteiger partial charge on any atom is 0.269 e. The van der Waals surface area contributed by atoms with Gasteiger partial charge in [0.25, 0.3) is 11.4 Å². The maximum atomic E-state index is 12.1. The summed E-state index contributed by atoms with van der Waals surface area (Å²) in [5.74, 6) is 1.06. The van der Waals surface area contributed by atoms with E-state index in [1.165, 1.54) is 12.1 Å². The smallest absolute Gasteiger partial charge is 0.269 e. The lowest BCUT2D eigenvalue weighted by Crippen LogP contribution is -2.19. The average molecular weight is 621 g/mol. The van der Waals surface area contributed by atoms with Crippen LogP contribution in [0.5, 0.6) is 11.5 Å². The van der Waals surface area contributed by atoms with E-state index in [9.17, 15) is 24.6 Å². The highest BCUT2D eigenvalue weighted by Gasteiger charge is 2.04. The number of non-ortho nitro benzene ring substituents is 2. The number of anilines is 1. The zero-order valence-corrected chi connectivity index (χ0v) is 26.3. The minimum atomic E-state index is -0.570. The molecule has 44 heavy (non-hydrogen) atoms. The van der Waals surface area contributed by atoms with Crippen molar-refractivity contribution >= 4 is 17.1 Å². The Bertz CT molecular complexity index is 1180. The molecule has 0 spiro atoms. The van der Waals surface area contributed by atoms with Gasteiger partial charge in [0.05, 0.1) is 16.5 Å². The molecular formula is C30H45FN6O7. The van der Waals surface area contributed by atoms with Gasteiger partial charge in [-0.25, -0.2) is 4.39 Å². The molecule has 14 heteroatoms. The van der Waals surface area contributed by atoms with E-state index < -0.39 is 15.7 Å². The Labute approximate surface area is 258 Å². The number of ether oxygens (including phenoxy) is 2. The van der Waals surface area contributed by atoms with Crippen LogP contribution in [0, 0.1) is 26.0 Å². The Kier molecular flexibility index (Phi) is 20.8. The van der Waals surface area contributed by atoms with Crippen molar-refractivity contribution in [3.05, 3.63) is 98.8 Å². The van der Waals surface area contributed by atoms with E-state index >= 15 is 0 Å². The van der Waals surface area contributed by atoms with Crippen molar-refractivity contribution < 1.29 is 28.8 Å². The number of rotatable bonds is 12. The Morgan fingerprint density at radius 1 is 0.659 bits per heavy atom. The molecule has 3 aromatic carbocycles. The minimum Gasteiger partial charge on any atom is -0.492 e. The van der Waals surface area contributed by atoms with Gasteiger partial charge in [0.2, 0.25) is 0 Å². The van der Waals surface area contributed by atoms with Crippen LogP contribution in [0.1, 0.15) is 0 Å². The monoisotopic (exact) mass is 620 g/mol. The third-order valence-electron chi connectivity index (χ3n) is 5.13. The summed E-state index contributed by atoms with van der Waals surface area (Å²) in [6.45, 7) is 4.04. The predicted octanol–water partition coefficient (Wildman–Crippen LogP) is 4.02. The molecule has 0 aliphatic heterocycles. The summed E-state index contributed by atoms with van der Waals surface area (Å²) in [4.78, 5) is 25.4. The van der Waals surface area contributed by atoms with Crippen molar-refractivity contribution in [2.24, 2.45) is 0 Å². The van der Waals surface area contributed by atoms with Crippen LogP contribution in [-0.2, 0) is 0 Å². The standard InChI is InChI=1S/C10H14N2O3.C10H16N2O.C6H4FNO2.C4H11NO/c1-11(2)7-8-15-10-5-3-9(4-6-10)12(13)14;1-12(2)7-8-13-10-5-3-9(11)4-6-10;7-5-1-3-6(4-2-5)8(9)10;1-5(2)3-4-6/h3-6H,7-8H2,1-2H3;3-6H,7-8,11H2,1-2H3;1-4H;6H,3-4H2,1-2H3. The number of nitro groups is 2. The van der Waals surface area contributed by atoms with E-state index in [1.807, 2.05) is 76.4 Å². The van der Waals surface area contributed by atoms with E-state index in [0.29, 0.717) is 19.0 Å². The summed E-state index contributed by atoms with van der Waals surface area (Å²) in [6, 6.07) is 17.9. The molecule has 244 valence electrons. The lowest BCUT2D eigenvalue weighted by Gasteiger charge is -2.10. The number of hydrogen-bond donors (Lipinski definition) is 2. The molecule has 3 aromatic rings. The molecule has 0 heterocycles. The van der Waals surface area contributed by atoms with Crippen LogP contribution in [0.3, 0.4) is 0 Å². The molecule has 13 nitrogen and oxygen atoms in total. The van der Waals surface area contributed by atoms with Gasteiger partial charge >= 0.3 is 0 Å². The minimum absolute atomic E-state index is 0.0787. The molecule has 0 aliphatic rings. The Hall–Kier alpha value is -4.37. The van der Waals surface area contributed by atoms with E-state index in [4.69, 9.17) is 20.3 Å². The van der Waals surface area contributed by atoms with Crippen molar-refractivity contribution in [3.8, 4) is 11.5 Å². The highest BCUT2D eigenvalue weighted by Crippen LogP contribution is 2.17. The molecule has 0 saturated carbocycles. The maximum absolute atomic E-state index is 12.1. The fourth-order valence-corrected chi connectivity index (χ4v) is 2.68. The molecule has 0 radical (unpaired) electrons. The quantitative estimate of drug-likeness (QED) is 0.171. The number of aliphatic hydroxyl groups is 1. The Morgan fingerprint density at radius 3 is 1.30 bits per heavy atom. The van der Waals surface area contributed by atoms with Gasteiger partial charge in [0.15, 0.2) is 0 Å². The first-order valence-electron chi connectivity index (χ1n) is 13.6. The normalized spacial score (nSPS) is 10.1. The number of aliphatic hydroxyl groups excluding tert-OH is 1. The summed E-state index contributed by atoms with van der Waals surface area (Å²) in [6.07, 6.45) is 0. The van der Waals surface area contributed by atoms with Crippen molar-refractivity contribution in [1.82, 2.24) is 14.7 Å². The lowest BCUT2D eigenvalue weighted by molar-refractivity contribution is -0.385. The molecule has 0 bridgehead atoms. The third-order valence-corrected chi connectivity index (χ3v) is 5.13. The zero-order chi connectivity index (χ0) is 33.5. The van der Waals surface area contributed by atoms with Gasteiger partial charge < -0.3 is 35.0 Å². The molecule has 3 rings (SSSR count). The van der Waals surface area contributed by atoms with Gasteiger partial charge in [-0.3, -0.25) is 20.2 Å². The Morgan fingerprint density at radius 2 is 1.00 bits per heavy atom. The van der Waals surface area contributed by atoms with Crippen LogP contribution >= 0.6 is 0 Å². The zero-order valence-electron chi connectivity index (χ0n) is 26.3. The van der Waals surface area contributed by atoms with Gasteiger partial charge in [-0.15, -0.1) is 0 Å². The fourth-order valence-electron chi connectivity index (χ4n) is 2.68. The molecule has 0 amide bonds. The Balaban J connectivity index is 0.000000586. The largest absolute Gasteiger partial charge is 0.492 e. The molecule has 0 aliphatic carbocycles. The second-order valence-corrected chi connectivity index (χ2v) is 9.88. The summed E-state index contributed by atoms with van der Waals surface area (Å²) in [5, 5.41) is 28.6. The topological polar surface area (TPSA) is 161 Å². The van der Waals surface area contributed by atoms with Crippen LogP contribution in [-0.4, -0.2) is 111 Å². The summed E-state index contributed by atoms with van der Waals surface area (Å²) >= 11 is 0. The van der Waals surface area contributed by atoms with Crippen LogP contribution in [0.25, 0.3) is 0 Å². The molecule has 3 N–H and O–H groups in total. The number of nitro benzene ring substituents is 2. The summed E-state index contributed by atoms with van der Waals surface area (Å²) in [5.41, 5.74) is 6.29. The number of benzene rings is 3. The van der Waals surface area contributed by atoms with Gasteiger partial charge in [0.1, 0.15) is 30.5 Å². The van der Waals surface area contributed by atoms with Gasteiger partial charge in [0, 0.05) is 49.6 Å². The highest BCUT2D eigenvalue weighted by molar-refractivity contribution is 5.41. The number of nitrogen functional groups attached to an aromatic ring is 1. The predicted molar refractivity (Wildman–Crippen MR) is 171 cm³/mol. The number of hydrogen-bond acceptors (Lipinski definition) is 11. The highest BCUT2D eigenvalue weighted by atomic mass is 19.1. The van der Waals surface area contributed by atoms with Crippen molar-refractivity contribution in [1.29, 1.82) is 0 Å². The number of halogens is 1. The van der Waals surface area contributed by atoms with Crippen LogP contribution < -0.4 is 15.2 Å². The van der Waals surface area contributed by atoms with E-state index in [0.717, 1.165) is 55.3 Å². The van der Waals surface area contributed by atoms with Crippen LogP contribution in [0.2, 0.25) is 0 Å².